The number of nitrogens with one attached hydrogen (secondary N) is 1. The highest BCUT2D eigenvalue weighted by Crippen LogP contribution is 2.32. The first-order chi connectivity index (χ1) is 9.92. The Bertz CT molecular complexity index is 702. The van der Waals surface area contributed by atoms with Crippen LogP contribution in [-0.2, 0) is 0 Å². The topological polar surface area (TPSA) is 64.3 Å². The van der Waals surface area contributed by atoms with Gasteiger partial charge in [0.15, 0.2) is 0 Å². The maximum Gasteiger partial charge on any atom is 0.259 e. The Morgan fingerprint density at radius 2 is 1.95 bits per heavy atom. The Morgan fingerprint density at radius 1 is 1.24 bits per heavy atom. The maximum atomic E-state index is 12.4. The standard InChI is InChI=1S/C15H14Cl2N2O2/c1-8-5-10(18)3-4-13(8)19-15(20)11-6-9(16)7-12(17)14(11)21-2/h3-7H,18H2,1-2H3,(H,19,20). The number of hydrogen-bond acceptors (Lipinski definition) is 3. The second-order valence-electron chi connectivity index (χ2n) is 4.50. The molecule has 0 radical (unpaired) electrons. The fourth-order valence-corrected chi connectivity index (χ4v) is 2.52. The number of hydrogen-bond donors (Lipinski definition) is 2. The molecular weight excluding hydrogens is 311 g/mol. The van der Waals surface area contributed by atoms with Crippen molar-refractivity contribution in [1.29, 1.82) is 0 Å². The summed E-state index contributed by atoms with van der Waals surface area (Å²) >= 11 is 12.0. The van der Waals surface area contributed by atoms with Gasteiger partial charge in [0.05, 0.1) is 17.7 Å². The number of halogens is 2. The molecule has 110 valence electrons. The van der Waals surface area contributed by atoms with Gasteiger partial charge in [-0.3, -0.25) is 4.79 Å². The SMILES string of the molecule is COc1c(Cl)cc(Cl)cc1C(=O)Nc1ccc(N)cc1C. The third-order valence-corrected chi connectivity index (χ3v) is 3.45. The molecule has 0 aliphatic carbocycles. The molecule has 1 amide bonds. The van der Waals surface area contributed by atoms with E-state index in [-0.39, 0.29) is 22.2 Å². The number of benzene rings is 2. The summed E-state index contributed by atoms with van der Waals surface area (Å²) in [6.07, 6.45) is 0. The summed E-state index contributed by atoms with van der Waals surface area (Å²) in [6, 6.07) is 8.26. The van der Waals surface area contributed by atoms with Crippen molar-refractivity contribution >= 4 is 40.5 Å². The number of rotatable bonds is 3. The number of aryl methyl sites for hydroxylation is 1. The highest BCUT2D eigenvalue weighted by Gasteiger charge is 2.17. The van der Waals surface area contributed by atoms with Crippen LogP contribution in [0.2, 0.25) is 10.0 Å². The molecule has 2 aromatic carbocycles. The lowest BCUT2D eigenvalue weighted by Gasteiger charge is -2.13. The lowest BCUT2D eigenvalue weighted by molar-refractivity contribution is 0.102. The Kier molecular flexibility index (Phi) is 4.60. The monoisotopic (exact) mass is 324 g/mol. The van der Waals surface area contributed by atoms with Crippen molar-refractivity contribution < 1.29 is 9.53 Å². The normalized spacial score (nSPS) is 10.3. The van der Waals surface area contributed by atoms with E-state index in [1.54, 1.807) is 18.2 Å². The number of carbonyl (C=O) groups is 1. The minimum Gasteiger partial charge on any atom is -0.494 e. The van der Waals surface area contributed by atoms with Gasteiger partial charge in [-0.25, -0.2) is 0 Å². The predicted molar refractivity (Wildman–Crippen MR) is 86.6 cm³/mol. The highest BCUT2D eigenvalue weighted by atomic mass is 35.5. The van der Waals surface area contributed by atoms with Gasteiger partial charge >= 0.3 is 0 Å². The summed E-state index contributed by atoms with van der Waals surface area (Å²) in [6.45, 7) is 1.86. The van der Waals surface area contributed by atoms with Crippen molar-refractivity contribution in [2.45, 2.75) is 6.92 Å². The average molecular weight is 325 g/mol. The van der Waals surface area contributed by atoms with Crippen molar-refractivity contribution in [1.82, 2.24) is 0 Å². The number of ether oxygens (including phenoxy) is 1. The van der Waals surface area contributed by atoms with Gasteiger partial charge in [0.2, 0.25) is 0 Å². The molecule has 21 heavy (non-hydrogen) atoms. The summed E-state index contributed by atoms with van der Waals surface area (Å²) in [7, 11) is 1.44. The van der Waals surface area contributed by atoms with E-state index in [0.29, 0.717) is 16.4 Å². The van der Waals surface area contributed by atoms with Gasteiger partial charge in [0.25, 0.3) is 5.91 Å². The van der Waals surface area contributed by atoms with Crippen molar-refractivity contribution in [2.75, 3.05) is 18.2 Å². The molecule has 0 saturated carbocycles. The zero-order valence-electron chi connectivity index (χ0n) is 11.5. The van der Waals surface area contributed by atoms with E-state index in [4.69, 9.17) is 33.7 Å². The van der Waals surface area contributed by atoms with Crippen molar-refractivity contribution in [3.05, 3.63) is 51.5 Å². The quantitative estimate of drug-likeness (QED) is 0.834. The molecule has 0 aromatic heterocycles. The van der Waals surface area contributed by atoms with Crippen LogP contribution in [-0.4, -0.2) is 13.0 Å². The van der Waals surface area contributed by atoms with Gasteiger partial charge < -0.3 is 15.8 Å². The largest absolute Gasteiger partial charge is 0.494 e. The van der Waals surface area contributed by atoms with E-state index < -0.39 is 0 Å². The Morgan fingerprint density at radius 3 is 2.57 bits per heavy atom. The number of anilines is 2. The number of nitrogen functional groups attached to an aromatic ring is 1. The maximum absolute atomic E-state index is 12.4. The molecule has 0 aliphatic heterocycles. The second-order valence-corrected chi connectivity index (χ2v) is 5.34. The molecule has 2 rings (SSSR count). The number of nitrogens with two attached hydrogens (primary N) is 1. The van der Waals surface area contributed by atoms with Gasteiger partial charge in [-0.1, -0.05) is 23.2 Å². The smallest absolute Gasteiger partial charge is 0.259 e. The molecule has 0 saturated heterocycles. The summed E-state index contributed by atoms with van der Waals surface area (Å²) in [5.74, 6) is -0.0733. The van der Waals surface area contributed by atoms with E-state index in [2.05, 4.69) is 5.32 Å². The van der Waals surface area contributed by atoms with Gasteiger partial charge in [-0.05, 0) is 42.8 Å². The van der Waals surface area contributed by atoms with Crippen LogP contribution in [0.25, 0.3) is 0 Å². The number of methoxy groups -OCH3 is 1. The zero-order chi connectivity index (χ0) is 15.6. The van der Waals surface area contributed by atoms with Crippen molar-refractivity contribution in [2.24, 2.45) is 0 Å². The molecule has 0 unspecified atom stereocenters. The molecular formula is C15H14Cl2N2O2. The molecule has 4 nitrogen and oxygen atoms in total. The van der Waals surface area contributed by atoms with Crippen LogP contribution in [0, 0.1) is 6.92 Å². The van der Waals surface area contributed by atoms with Crippen LogP contribution in [0.5, 0.6) is 5.75 Å². The summed E-state index contributed by atoms with van der Waals surface area (Å²) in [5, 5.41) is 3.43. The molecule has 0 heterocycles. The van der Waals surface area contributed by atoms with E-state index in [1.165, 1.54) is 19.2 Å². The molecule has 0 atom stereocenters. The first-order valence-corrected chi connectivity index (χ1v) is 6.88. The summed E-state index contributed by atoms with van der Waals surface area (Å²) in [5.41, 5.74) is 8.11. The first-order valence-electron chi connectivity index (χ1n) is 6.13. The van der Waals surface area contributed by atoms with Crippen LogP contribution >= 0.6 is 23.2 Å². The minimum atomic E-state index is -0.357. The highest BCUT2D eigenvalue weighted by molar-refractivity contribution is 6.36. The fraction of sp³-hybridized carbons (Fsp3) is 0.133. The molecule has 0 spiro atoms. The molecule has 3 N–H and O–H groups in total. The van der Waals surface area contributed by atoms with Crippen LogP contribution in [0.4, 0.5) is 11.4 Å². The van der Waals surface area contributed by atoms with Gasteiger partial charge in [0.1, 0.15) is 5.75 Å². The minimum absolute atomic E-state index is 0.270. The lowest BCUT2D eigenvalue weighted by atomic mass is 10.1. The molecule has 2 aromatic rings. The third kappa shape index (κ3) is 3.40. The Hall–Kier alpha value is -1.91. The van der Waals surface area contributed by atoms with Crippen LogP contribution in [0.15, 0.2) is 30.3 Å². The molecule has 0 fully saturated rings. The van der Waals surface area contributed by atoms with Crippen molar-refractivity contribution in [3.8, 4) is 5.75 Å². The van der Waals surface area contributed by atoms with Crippen LogP contribution in [0.1, 0.15) is 15.9 Å². The van der Waals surface area contributed by atoms with Crippen molar-refractivity contribution in [3.63, 3.8) is 0 Å². The zero-order valence-corrected chi connectivity index (χ0v) is 13.0. The molecule has 0 bridgehead atoms. The first kappa shape index (κ1) is 15.5. The Balaban J connectivity index is 2.36. The average Bonchev–Trinajstić information content (AvgIpc) is 2.41. The van der Waals surface area contributed by atoms with E-state index in [1.807, 2.05) is 6.92 Å². The lowest BCUT2D eigenvalue weighted by Crippen LogP contribution is -2.14. The van der Waals surface area contributed by atoms with E-state index in [0.717, 1.165) is 5.56 Å². The van der Waals surface area contributed by atoms with Crippen LogP contribution < -0.4 is 15.8 Å². The molecule has 0 aliphatic rings. The van der Waals surface area contributed by atoms with E-state index >= 15 is 0 Å². The van der Waals surface area contributed by atoms with Gasteiger partial charge in [-0.15, -0.1) is 0 Å². The predicted octanol–water partition coefficient (Wildman–Crippen LogP) is 4.14. The number of amides is 1. The van der Waals surface area contributed by atoms with Gasteiger partial charge in [-0.2, -0.15) is 0 Å². The number of carbonyl (C=O) groups excluding carboxylic acids is 1. The Labute approximate surface area is 132 Å². The summed E-state index contributed by atoms with van der Waals surface area (Å²) in [4.78, 5) is 12.4. The fourth-order valence-electron chi connectivity index (χ4n) is 1.95. The summed E-state index contributed by atoms with van der Waals surface area (Å²) < 4.78 is 5.17. The van der Waals surface area contributed by atoms with Crippen LogP contribution in [0.3, 0.4) is 0 Å². The third-order valence-electron chi connectivity index (χ3n) is 2.96. The van der Waals surface area contributed by atoms with E-state index in [9.17, 15) is 4.79 Å². The second kappa shape index (κ2) is 6.24. The van der Waals surface area contributed by atoms with Gasteiger partial charge in [0, 0.05) is 16.4 Å². The molecule has 6 heteroatoms.